The summed E-state index contributed by atoms with van der Waals surface area (Å²) in [6, 6.07) is 5.83. The lowest BCUT2D eigenvalue weighted by molar-refractivity contribution is -0.151. The molecule has 0 saturated carbocycles. The molecule has 1 heterocycles. The number of hydrogen-bond donors (Lipinski definition) is 1. The van der Waals surface area contributed by atoms with Crippen LogP contribution in [0.25, 0.3) is 0 Å². The molecule has 0 aromatic heterocycles. The number of nitrogens with zero attached hydrogens (tertiary/aromatic N) is 1. The number of methoxy groups -OCH3 is 1. The Morgan fingerprint density at radius 1 is 1.38 bits per heavy atom. The minimum absolute atomic E-state index is 0.0998. The van der Waals surface area contributed by atoms with Crippen molar-refractivity contribution in [1.29, 1.82) is 0 Å². The molecule has 6 nitrogen and oxygen atoms in total. The third kappa shape index (κ3) is 3.86. The Hall–Kier alpha value is -1.79. The molecular formula is C14H16ClNO5. The first-order valence-corrected chi connectivity index (χ1v) is 6.82. The van der Waals surface area contributed by atoms with Crippen molar-refractivity contribution in [3.63, 3.8) is 0 Å². The van der Waals surface area contributed by atoms with Gasteiger partial charge in [0.2, 0.25) is 0 Å². The first-order valence-electron chi connectivity index (χ1n) is 6.45. The molecule has 1 amide bonds. The van der Waals surface area contributed by atoms with Gasteiger partial charge in [-0.2, -0.15) is 0 Å². The number of rotatable bonds is 4. The summed E-state index contributed by atoms with van der Waals surface area (Å²) < 4.78 is 9.99. The molecule has 2 rings (SSSR count). The highest BCUT2D eigenvalue weighted by Gasteiger charge is 2.39. The van der Waals surface area contributed by atoms with Crippen molar-refractivity contribution in [1.82, 2.24) is 4.90 Å². The number of ether oxygens (including phenoxy) is 2. The van der Waals surface area contributed by atoms with E-state index in [1.54, 1.807) is 24.3 Å². The second-order valence-electron chi connectivity index (χ2n) is 4.72. The van der Waals surface area contributed by atoms with Crippen molar-refractivity contribution in [2.75, 3.05) is 20.3 Å². The van der Waals surface area contributed by atoms with Gasteiger partial charge in [-0.05, 0) is 24.3 Å². The molecule has 2 atom stereocenters. The van der Waals surface area contributed by atoms with Gasteiger partial charge in [0, 0.05) is 18.0 Å². The second-order valence-corrected chi connectivity index (χ2v) is 5.15. The SMILES string of the molecule is COC(=O)[C@H]1C[C@@H](O)CN1C(=O)COc1ccc(Cl)cc1. The van der Waals surface area contributed by atoms with Gasteiger partial charge in [0.25, 0.3) is 5.91 Å². The molecule has 1 aromatic rings. The van der Waals surface area contributed by atoms with Gasteiger partial charge in [0.15, 0.2) is 6.61 Å². The zero-order valence-electron chi connectivity index (χ0n) is 11.5. The van der Waals surface area contributed by atoms with Gasteiger partial charge in [-0.1, -0.05) is 11.6 Å². The highest BCUT2D eigenvalue weighted by atomic mass is 35.5. The molecule has 1 N–H and O–H groups in total. The summed E-state index contributed by atoms with van der Waals surface area (Å²) in [5, 5.41) is 10.2. The Balaban J connectivity index is 1.95. The van der Waals surface area contributed by atoms with Crippen LogP contribution in [-0.4, -0.2) is 54.3 Å². The van der Waals surface area contributed by atoms with Crippen molar-refractivity contribution in [2.45, 2.75) is 18.6 Å². The lowest BCUT2D eigenvalue weighted by Crippen LogP contribution is -2.43. The van der Waals surface area contributed by atoms with E-state index in [9.17, 15) is 14.7 Å². The van der Waals surface area contributed by atoms with Crippen molar-refractivity contribution in [3.8, 4) is 5.75 Å². The molecule has 21 heavy (non-hydrogen) atoms. The molecule has 0 radical (unpaired) electrons. The van der Waals surface area contributed by atoms with Crippen LogP contribution in [0.5, 0.6) is 5.75 Å². The zero-order chi connectivity index (χ0) is 15.4. The predicted molar refractivity (Wildman–Crippen MR) is 75.1 cm³/mol. The summed E-state index contributed by atoms with van der Waals surface area (Å²) >= 11 is 5.75. The van der Waals surface area contributed by atoms with Crippen LogP contribution in [0.1, 0.15) is 6.42 Å². The molecule has 1 saturated heterocycles. The molecule has 0 unspecified atom stereocenters. The lowest BCUT2D eigenvalue weighted by Gasteiger charge is -2.22. The van der Waals surface area contributed by atoms with Gasteiger partial charge in [-0.3, -0.25) is 4.79 Å². The van der Waals surface area contributed by atoms with E-state index >= 15 is 0 Å². The number of β-amino-alcohol motifs (C(OH)–C–C–N with tert-alkyl or cyclic N) is 1. The molecule has 0 bridgehead atoms. The first-order chi connectivity index (χ1) is 10.0. The van der Waals surface area contributed by atoms with Crippen LogP contribution in [0.4, 0.5) is 0 Å². The number of carbonyl (C=O) groups is 2. The standard InChI is InChI=1S/C14H16ClNO5/c1-20-14(19)12-6-10(17)7-16(12)13(18)8-21-11-4-2-9(15)3-5-11/h2-5,10,12,17H,6-8H2,1H3/t10-,12-/m1/s1. The minimum atomic E-state index is -0.758. The van der Waals surface area contributed by atoms with Gasteiger partial charge in [0.1, 0.15) is 11.8 Å². The summed E-state index contributed by atoms with van der Waals surface area (Å²) in [7, 11) is 1.25. The highest BCUT2D eigenvalue weighted by Crippen LogP contribution is 2.20. The number of likely N-dealkylation sites (tertiary alicyclic amines) is 1. The van der Waals surface area contributed by atoms with Crippen LogP contribution >= 0.6 is 11.6 Å². The number of halogens is 1. The van der Waals surface area contributed by atoms with Crippen LogP contribution in [0.2, 0.25) is 5.02 Å². The summed E-state index contributed by atoms with van der Waals surface area (Å²) in [6.07, 6.45) is -0.548. The Morgan fingerprint density at radius 2 is 2.05 bits per heavy atom. The van der Waals surface area contributed by atoms with Crippen LogP contribution < -0.4 is 4.74 Å². The van der Waals surface area contributed by atoms with Crippen LogP contribution in [-0.2, 0) is 14.3 Å². The Labute approximate surface area is 127 Å². The van der Waals surface area contributed by atoms with E-state index in [0.717, 1.165) is 0 Å². The average molecular weight is 314 g/mol. The number of benzene rings is 1. The lowest BCUT2D eigenvalue weighted by atomic mass is 10.2. The maximum Gasteiger partial charge on any atom is 0.328 e. The number of esters is 1. The van der Waals surface area contributed by atoms with Gasteiger partial charge in [0.05, 0.1) is 13.2 Å². The molecule has 1 aliphatic heterocycles. The third-order valence-corrected chi connectivity index (χ3v) is 3.50. The van der Waals surface area contributed by atoms with E-state index in [-0.39, 0.29) is 25.5 Å². The summed E-state index contributed by atoms with van der Waals surface area (Å²) in [5.74, 6) is -0.412. The molecule has 7 heteroatoms. The maximum atomic E-state index is 12.1. The normalized spacial score (nSPS) is 21.2. The van der Waals surface area contributed by atoms with Gasteiger partial charge in [-0.15, -0.1) is 0 Å². The summed E-state index contributed by atoms with van der Waals surface area (Å²) in [5.41, 5.74) is 0. The fourth-order valence-corrected chi connectivity index (χ4v) is 2.33. The number of carbonyl (C=O) groups excluding carboxylic acids is 2. The smallest absolute Gasteiger partial charge is 0.328 e. The molecular weight excluding hydrogens is 298 g/mol. The van der Waals surface area contributed by atoms with Crippen LogP contribution in [0.15, 0.2) is 24.3 Å². The first kappa shape index (κ1) is 15.6. The van der Waals surface area contributed by atoms with Crippen molar-refractivity contribution in [2.24, 2.45) is 0 Å². The third-order valence-electron chi connectivity index (χ3n) is 3.25. The number of aliphatic hydroxyl groups is 1. The van der Waals surface area contributed by atoms with E-state index < -0.39 is 18.1 Å². The highest BCUT2D eigenvalue weighted by molar-refractivity contribution is 6.30. The topological polar surface area (TPSA) is 76.1 Å². The Bertz CT molecular complexity index is 519. The quantitative estimate of drug-likeness (QED) is 0.834. The predicted octanol–water partition coefficient (Wildman–Crippen LogP) is 0.854. The van der Waals surface area contributed by atoms with Gasteiger partial charge in [-0.25, -0.2) is 4.79 Å². The van der Waals surface area contributed by atoms with Crippen molar-refractivity contribution < 1.29 is 24.2 Å². The molecule has 1 aromatic carbocycles. The second kappa shape index (κ2) is 6.78. The summed E-state index contributed by atoms with van der Waals surface area (Å²) in [6.45, 7) is -0.121. The zero-order valence-corrected chi connectivity index (χ0v) is 12.2. The molecule has 1 aliphatic rings. The van der Waals surface area contributed by atoms with E-state index in [4.69, 9.17) is 16.3 Å². The average Bonchev–Trinajstić information content (AvgIpc) is 2.87. The van der Waals surface area contributed by atoms with E-state index in [2.05, 4.69) is 4.74 Å². The fourth-order valence-electron chi connectivity index (χ4n) is 2.21. The van der Waals surface area contributed by atoms with E-state index in [1.807, 2.05) is 0 Å². The van der Waals surface area contributed by atoms with E-state index in [1.165, 1.54) is 12.0 Å². The van der Waals surface area contributed by atoms with Crippen LogP contribution in [0.3, 0.4) is 0 Å². The fraction of sp³-hybridized carbons (Fsp3) is 0.429. The van der Waals surface area contributed by atoms with Gasteiger partial charge >= 0.3 is 5.97 Å². The number of hydrogen-bond acceptors (Lipinski definition) is 5. The minimum Gasteiger partial charge on any atom is -0.484 e. The molecule has 1 fully saturated rings. The molecule has 114 valence electrons. The van der Waals surface area contributed by atoms with Gasteiger partial charge < -0.3 is 19.5 Å². The Kier molecular flexibility index (Phi) is 5.03. The largest absolute Gasteiger partial charge is 0.484 e. The monoisotopic (exact) mass is 313 g/mol. The molecule has 0 spiro atoms. The summed E-state index contributed by atoms with van der Waals surface area (Å²) in [4.78, 5) is 25.0. The van der Waals surface area contributed by atoms with E-state index in [0.29, 0.717) is 10.8 Å². The van der Waals surface area contributed by atoms with Crippen molar-refractivity contribution in [3.05, 3.63) is 29.3 Å². The number of aliphatic hydroxyl groups excluding tert-OH is 1. The number of amides is 1. The van der Waals surface area contributed by atoms with Crippen LogP contribution in [0, 0.1) is 0 Å². The Morgan fingerprint density at radius 3 is 2.67 bits per heavy atom. The van der Waals surface area contributed by atoms with Crippen molar-refractivity contribution >= 4 is 23.5 Å². The maximum absolute atomic E-state index is 12.1. The molecule has 0 aliphatic carbocycles.